The van der Waals surface area contributed by atoms with Crippen molar-refractivity contribution in [3.05, 3.63) is 72.3 Å². The third kappa shape index (κ3) is 11.2. The van der Waals surface area contributed by atoms with Crippen LogP contribution in [-0.2, 0) is 23.9 Å². The maximum absolute atomic E-state index is 12.9. The van der Waals surface area contributed by atoms with Gasteiger partial charge in [-0.25, -0.2) is 9.59 Å². The summed E-state index contributed by atoms with van der Waals surface area (Å²) in [5, 5.41) is 3.03. The average Bonchev–Trinajstić information content (AvgIpc) is 3.51. The van der Waals surface area contributed by atoms with E-state index in [-0.39, 0.29) is 36.4 Å². The Balaban J connectivity index is 0.000000535. The van der Waals surface area contributed by atoms with Crippen molar-refractivity contribution in [1.82, 2.24) is 10.2 Å². The van der Waals surface area contributed by atoms with E-state index in [2.05, 4.69) is 43.1 Å². The second-order valence-electron chi connectivity index (χ2n) is 12.7. The number of imide groups is 1. The number of ether oxygens (including phenoxy) is 2. The summed E-state index contributed by atoms with van der Waals surface area (Å²) in [6, 6.07) is 16.4. The number of fused-ring (bicyclic) bond motifs is 3. The maximum Gasteiger partial charge on any atom is 0.407 e. The first-order valence-corrected chi connectivity index (χ1v) is 16.3. The highest BCUT2D eigenvalue weighted by atomic mass is 16.6. The summed E-state index contributed by atoms with van der Waals surface area (Å²) in [5.41, 5.74) is 4.36. The van der Waals surface area contributed by atoms with Crippen molar-refractivity contribution in [1.29, 1.82) is 0 Å². The van der Waals surface area contributed by atoms with Crippen molar-refractivity contribution in [2.75, 3.05) is 13.2 Å². The molecule has 2 aromatic carbocycles. The lowest BCUT2D eigenvalue weighted by molar-refractivity contribution is -0.148. The molecule has 1 unspecified atom stereocenters. The molecule has 2 aromatic rings. The van der Waals surface area contributed by atoms with Crippen molar-refractivity contribution in [2.45, 2.75) is 109 Å². The minimum absolute atomic E-state index is 0.0139. The number of likely N-dealkylation sites (tertiary alicyclic amines) is 1. The SMILES string of the molecule is C=CC(=O)OC(C)(C)C.CCCCCCCCC(CCN1C(=O)CCC1=O)NC(=O)OCC1c2ccccc2-c2ccccc21. The largest absolute Gasteiger partial charge is 0.457 e. The zero-order chi connectivity index (χ0) is 32.8. The first-order chi connectivity index (χ1) is 21.5. The highest BCUT2D eigenvalue weighted by Gasteiger charge is 2.31. The summed E-state index contributed by atoms with van der Waals surface area (Å²) >= 11 is 0. The first kappa shape index (κ1) is 35.5. The zero-order valence-electron chi connectivity index (χ0n) is 27.4. The number of esters is 1. The predicted octanol–water partition coefficient (Wildman–Crippen LogP) is 7.70. The standard InChI is InChI=1S/C30H38N2O4.C7H12O2/c1-2-3-4-5-6-7-12-22(19-20-32-28(33)17-18-29(32)34)31-30(35)36-21-27-25-15-10-8-13-23(25)24-14-9-11-16-26(24)27;1-5-6(8)9-7(2,3)4/h8-11,13-16,22,27H,2-7,12,17-21H2,1H3,(H,31,35);5H,1H2,2-4H3. The molecule has 1 aliphatic carbocycles. The van der Waals surface area contributed by atoms with Gasteiger partial charge in [0.15, 0.2) is 0 Å². The van der Waals surface area contributed by atoms with Gasteiger partial charge in [-0.2, -0.15) is 0 Å². The van der Waals surface area contributed by atoms with Gasteiger partial charge >= 0.3 is 12.1 Å². The number of amides is 3. The number of hydrogen-bond acceptors (Lipinski definition) is 6. The van der Waals surface area contributed by atoms with Gasteiger partial charge in [0.05, 0.1) is 0 Å². The van der Waals surface area contributed by atoms with E-state index in [0.717, 1.165) is 25.3 Å². The molecule has 0 radical (unpaired) electrons. The highest BCUT2D eigenvalue weighted by Crippen LogP contribution is 2.44. The molecule has 1 atom stereocenters. The highest BCUT2D eigenvalue weighted by molar-refractivity contribution is 6.01. The van der Waals surface area contributed by atoms with E-state index in [0.29, 0.717) is 25.8 Å². The number of alkyl carbamates (subject to hydrolysis) is 1. The van der Waals surface area contributed by atoms with Crippen LogP contribution < -0.4 is 5.32 Å². The smallest absolute Gasteiger partial charge is 0.407 e. The van der Waals surface area contributed by atoms with E-state index >= 15 is 0 Å². The van der Waals surface area contributed by atoms with E-state index in [1.54, 1.807) is 0 Å². The number of carbonyl (C=O) groups excluding carboxylic acids is 4. The number of rotatable bonds is 14. The molecule has 8 nitrogen and oxygen atoms in total. The Morgan fingerprint density at radius 3 is 2.00 bits per heavy atom. The molecule has 4 rings (SSSR count). The van der Waals surface area contributed by atoms with Gasteiger partial charge in [-0.3, -0.25) is 14.5 Å². The molecule has 0 saturated carbocycles. The molecule has 1 heterocycles. The Bertz CT molecular complexity index is 1250. The quantitative estimate of drug-likeness (QED) is 0.101. The van der Waals surface area contributed by atoms with Crippen LogP contribution in [0.3, 0.4) is 0 Å². The molecule has 0 bridgehead atoms. The van der Waals surface area contributed by atoms with Crippen molar-refractivity contribution in [2.24, 2.45) is 0 Å². The molecule has 0 aromatic heterocycles. The van der Waals surface area contributed by atoms with Gasteiger partial charge < -0.3 is 14.8 Å². The van der Waals surface area contributed by atoms with Crippen molar-refractivity contribution in [3.63, 3.8) is 0 Å². The van der Waals surface area contributed by atoms with E-state index in [4.69, 9.17) is 9.47 Å². The lowest BCUT2D eigenvalue weighted by atomic mass is 9.98. The number of nitrogens with one attached hydrogen (secondary N) is 1. The van der Waals surface area contributed by atoms with Crippen LogP contribution in [0.2, 0.25) is 0 Å². The monoisotopic (exact) mass is 618 g/mol. The Kier molecular flexibility index (Phi) is 13.8. The van der Waals surface area contributed by atoms with Crippen LogP contribution in [0.5, 0.6) is 0 Å². The van der Waals surface area contributed by atoms with Gasteiger partial charge in [-0.05, 0) is 55.9 Å². The van der Waals surface area contributed by atoms with E-state index < -0.39 is 11.7 Å². The second-order valence-corrected chi connectivity index (χ2v) is 12.7. The van der Waals surface area contributed by atoms with Crippen LogP contribution in [-0.4, -0.2) is 53.6 Å². The van der Waals surface area contributed by atoms with Gasteiger partial charge in [0, 0.05) is 37.4 Å². The van der Waals surface area contributed by atoms with Crippen LogP contribution in [0.25, 0.3) is 11.1 Å². The van der Waals surface area contributed by atoms with E-state index in [1.165, 1.54) is 52.8 Å². The Labute approximate surface area is 268 Å². The minimum Gasteiger partial charge on any atom is -0.457 e. The normalized spacial score (nSPS) is 14.6. The van der Waals surface area contributed by atoms with Gasteiger partial charge in [-0.1, -0.05) is 101 Å². The van der Waals surface area contributed by atoms with Crippen molar-refractivity contribution >= 4 is 23.9 Å². The Morgan fingerprint density at radius 1 is 0.911 bits per heavy atom. The molecule has 1 aliphatic heterocycles. The molecule has 1 saturated heterocycles. The van der Waals surface area contributed by atoms with E-state index in [9.17, 15) is 19.2 Å². The van der Waals surface area contributed by atoms with Crippen molar-refractivity contribution in [3.8, 4) is 11.1 Å². The van der Waals surface area contributed by atoms with Crippen LogP contribution in [0.4, 0.5) is 4.79 Å². The van der Waals surface area contributed by atoms with Gasteiger partial charge in [0.25, 0.3) is 0 Å². The van der Waals surface area contributed by atoms with Crippen LogP contribution in [0, 0.1) is 0 Å². The predicted molar refractivity (Wildman–Crippen MR) is 177 cm³/mol. The molecule has 1 fully saturated rings. The summed E-state index contributed by atoms with van der Waals surface area (Å²) < 4.78 is 10.6. The number of benzene rings is 2. The molecule has 244 valence electrons. The summed E-state index contributed by atoms with van der Waals surface area (Å²) in [5.74, 6) is -0.582. The summed E-state index contributed by atoms with van der Waals surface area (Å²) in [6.45, 7) is 11.5. The van der Waals surface area contributed by atoms with E-state index in [1.807, 2.05) is 45.0 Å². The lowest BCUT2D eigenvalue weighted by Crippen LogP contribution is -2.40. The molecular formula is C37H50N2O6. The third-order valence-corrected chi connectivity index (χ3v) is 8.00. The maximum atomic E-state index is 12.9. The van der Waals surface area contributed by atoms with Crippen molar-refractivity contribution < 1.29 is 28.7 Å². The summed E-state index contributed by atoms with van der Waals surface area (Å²) in [7, 11) is 0. The molecule has 1 N–H and O–H groups in total. The topological polar surface area (TPSA) is 102 Å². The molecule has 0 spiro atoms. The molecule has 8 heteroatoms. The summed E-state index contributed by atoms with van der Waals surface area (Å²) in [6.07, 6.45) is 9.67. The Hall–Kier alpha value is -3.94. The molecular weight excluding hydrogens is 568 g/mol. The summed E-state index contributed by atoms with van der Waals surface area (Å²) in [4.78, 5) is 48.7. The van der Waals surface area contributed by atoms with Gasteiger partial charge in [-0.15, -0.1) is 0 Å². The molecule has 3 amide bonds. The van der Waals surface area contributed by atoms with Gasteiger partial charge in [0.2, 0.25) is 11.8 Å². The number of hydrogen-bond donors (Lipinski definition) is 1. The number of nitrogens with zero attached hydrogens (tertiary/aromatic N) is 1. The van der Waals surface area contributed by atoms with Crippen LogP contribution >= 0.6 is 0 Å². The third-order valence-electron chi connectivity index (χ3n) is 8.00. The second kappa shape index (κ2) is 17.5. The average molecular weight is 619 g/mol. The number of carbonyl (C=O) groups is 4. The van der Waals surface area contributed by atoms with Crippen LogP contribution in [0.1, 0.15) is 109 Å². The lowest BCUT2D eigenvalue weighted by Gasteiger charge is -2.22. The Morgan fingerprint density at radius 2 is 1.47 bits per heavy atom. The fraction of sp³-hybridized carbons (Fsp3) is 0.514. The van der Waals surface area contributed by atoms with Crippen LogP contribution in [0.15, 0.2) is 61.2 Å². The molecule has 2 aliphatic rings. The first-order valence-electron chi connectivity index (χ1n) is 16.3. The molecule has 45 heavy (non-hydrogen) atoms. The minimum atomic E-state index is -0.438. The number of unbranched alkanes of at least 4 members (excludes halogenated alkanes) is 5. The fourth-order valence-corrected chi connectivity index (χ4v) is 5.77. The zero-order valence-corrected chi connectivity index (χ0v) is 27.4. The van der Waals surface area contributed by atoms with Gasteiger partial charge in [0.1, 0.15) is 12.2 Å². The fourth-order valence-electron chi connectivity index (χ4n) is 5.77.